The van der Waals surface area contributed by atoms with E-state index in [4.69, 9.17) is 5.73 Å². The molecule has 2 aromatic heterocycles. The van der Waals surface area contributed by atoms with Crippen molar-refractivity contribution in [3.05, 3.63) is 29.6 Å². The number of rotatable bonds is 3. The van der Waals surface area contributed by atoms with Crippen molar-refractivity contribution in [1.82, 2.24) is 24.5 Å². The van der Waals surface area contributed by atoms with Crippen molar-refractivity contribution in [3.63, 3.8) is 0 Å². The molecule has 16 heavy (non-hydrogen) atoms. The highest BCUT2D eigenvalue weighted by Crippen LogP contribution is 2.06. The van der Waals surface area contributed by atoms with Crippen LogP contribution in [-0.2, 0) is 13.6 Å². The molecular weight excluding hydrogens is 204 g/mol. The summed E-state index contributed by atoms with van der Waals surface area (Å²) in [5.41, 5.74) is 7.80. The molecule has 6 nitrogen and oxygen atoms in total. The Labute approximate surface area is 94.1 Å². The molecule has 6 heteroatoms. The average molecular weight is 220 g/mol. The highest BCUT2D eigenvalue weighted by molar-refractivity contribution is 5.08. The summed E-state index contributed by atoms with van der Waals surface area (Å²) in [6.45, 7) is 4.50. The number of nitrogens with two attached hydrogens (primary N) is 1. The van der Waals surface area contributed by atoms with Gasteiger partial charge in [0, 0.05) is 7.05 Å². The first kappa shape index (κ1) is 10.8. The zero-order valence-corrected chi connectivity index (χ0v) is 9.75. The molecule has 0 aliphatic heterocycles. The van der Waals surface area contributed by atoms with Gasteiger partial charge in [0.25, 0.3) is 0 Å². The third-order valence-electron chi connectivity index (χ3n) is 2.38. The molecule has 2 rings (SSSR count). The fourth-order valence-corrected chi connectivity index (χ4v) is 1.57. The number of hydrogen-bond donors (Lipinski definition) is 1. The van der Waals surface area contributed by atoms with Crippen LogP contribution in [0.1, 0.15) is 30.2 Å². The molecule has 0 bridgehead atoms. The number of aryl methyl sites for hydroxylation is 2. The van der Waals surface area contributed by atoms with E-state index in [9.17, 15) is 0 Å². The van der Waals surface area contributed by atoms with Gasteiger partial charge in [-0.25, -0.2) is 9.67 Å². The maximum Gasteiger partial charge on any atom is 0.166 e. The zero-order chi connectivity index (χ0) is 11.7. The number of nitrogens with zero attached hydrogens (tertiary/aromatic N) is 5. The SMILES string of the molecule is Cc1cc(Cn2cnc(C(C)N)n2)n(C)n1. The monoisotopic (exact) mass is 220 g/mol. The lowest BCUT2D eigenvalue weighted by Gasteiger charge is -2.01. The molecule has 2 heterocycles. The van der Waals surface area contributed by atoms with Gasteiger partial charge in [-0.1, -0.05) is 0 Å². The van der Waals surface area contributed by atoms with E-state index in [1.54, 1.807) is 11.0 Å². The third-order valence-corrected chi connectivity index (χ3v) is 2.38. The Kier molecular flexibility index (Phi) is 2.74. The predicted octanol–water partition coefficient (Wildman–Crippen LogP) is 0.388. The van der Waals surface area contributed by atoms with E-state index in [2.05, 4.69) is 15.2 Å². The lowest BCUT2D eigenvalue weighted by molar-refractivity contribution is 0.603. The molecule has 0 amide bonds. The minimum absolute atomic E-state index is 0.130. The average Bonchev–Trinajstić information content (AvgIpc) is 2.75. The molecule has 0 saturated heterocycles. The van der Waals surface area contributed by atoms with Crippen LogP contribution in [0.3, 0.4) is 0 Å². The van der Waals surface area contributed by atoms with Gasteiger partial charge in [0.1, 0.15) is 6.33 Å². The normalized spacial score (nSPS) is 13.0. The second-order valence-corrected chi connectivity index (χ2v) is 3.99. The van der Waals surface area contributed by atoms with Crippen molar-refractivity contribution in [1.29, 1.82) is 0 Å². The quantitative estimate of drug-likeness (QED) is 0.811. The molecule has 1 unspecified atom stereocenters. The predicted molar refractivity (Wildman–Crippen MR) is 59.7 cm³/mol. The van der Waals surface area contributed by atoms with Crippen molar-refractivity contribution in [2.24, 2.45) is 12.8 Å². The van der Waals surface area contributed by atoms with Gasteiger partial charge < -0.3 is 5.73 Å². The maximum atomic E-state index is 5.70. The van der Waals surface area contributed by atoms with E-state index in [-0.39, 0.29) is 6.04 Å². The summed E-state index contributed by atoms with van der Waals surface area (Å²) in [5.74, 6) is 0.666. The summed E-state index contributed by atoms with van der Waals surface area (Å²) in [7, 11) is 1.92. The van der Waals surface area contributed by atoms with Crippen molar-refractivity contribution >= 4 is 0 Å². The van der Waals surface area contributed by atoms with Gasteiger partial charge in [-0.05, 0) is 19.9 Å². The number of hydrogen-bond acceptors (Lipinski definition) is 4. The molecule has 0 spiro atoms. The highest BCUT2D eigenvalue weighted by atomic mass is 15.4. The smallest absolute Gasteiger partial charge is 0.166 e. The zero-order valence-electron chi connectivity index (χ0n) is 9.75. The molecule has 2 N–H and O–H groups in total. The lowest BCUT2D eigenvalue weighted by atomic mass is 10.3. The summed E-state index contributed by atoms with van der Waals surface area (Å²) >= 11 is 0. The molecule has 1 atom stereocenters. The molecule has 0 radical (unpaired) electrons. The van der Waals surface area contributed by atoms with Crippen molar-refractivity contribution in [3.8, 4) is 0 Å². The van der Waals surface area contributed by atoms with Crippen LogP contribution in [0.2, 0.25) is 0 Å². The van der Waals surface area contributed by atoms with Gasteiger partial charge in [0.05, 0.1) is 24.0 Å². The Morgan fingerprint density at radius 1 is 1.44 bits per heavy atom. The van der Waals surface area contributed by atoms with Crippen molar-refractivity contribution < 1.29 is 0 Å². The van der Waals surface area contributed by atoms with Crippen LogP contribution in [-0.4, -0.2) is 24.5 Å². The molecule has 0 fully saturated rings. The summed E-state index contributed by atoms with van der Waals surface area (Å²) < 4.78 is 3.62. The van der Waals surface area contributed by atoms with Gasteiger partial charge in [-0.15, -0.1) is 0 Å². The van der Waals surface area contributed by atoms with Gasteiger partial charge >= 0.3 is 0 Å². The third kappa shape index (κ3) is 2.11. The maximum absolute atomic E-state index is 5.70. The summed E-state index contributed by atoms with van der Waals surface area (Å²) in [5, 5.41) is 8.57. The first-order valence-electron chi connectivity index (χ1n) is 5.20. The van der Waals surface area contributed by atoms with Crippen LogP contribution in [0.4, 0.5) is 0 Å². The minimum Gasteiger partial charge on any atom is -0.321 e. The molecule has 86 valence electrons. The van der Waals surface area contributed by atoms with Gasteiger partial charge in [-0.2, -0.15) is 10.2 Å². The van der Waals surface area contributed by atoms with E-state index >= 15 is 0 Å². The standard InChI is InChI=1S/C10H16N6/c1-7-4-9(15(3)13-7)5-16-6-12-10(14-16)8(2)11/h4,6,8H,5,11H2,1-3H3. The van der Waals surface area contributed by atoms with Crippen molar-refractivity contribution in [2.75, 3.05) is 0 Å². The van der Waals surface area contributed by atoms with Crippen molar-refractivity contribution in [2.45, 2.75) is 26.4 Å². The largest absolute Gasteiger partial charge is 0.321 e. The Morgan fingerprint density at radius 2 is 2.19 bits per heavy atom. The van der Waals surface area contributed by atoms with Crippen LogP contribution < -0.4 is 5.73 Å². The Morgan fingerprint density at radius 3 is 2.69 bits per heavy atom. The van der Waals surface area contributed by atoms with E-state index < -0.39 is 0 Å². The van der Waals surface area contributed by atoms with Crippen LogP contribution in [0.5, 0.6) is 0 Å². The summed E-state index contributed by atoms with van der Waals surface area (Å²) in [6.07, 6.45) is 1.70. The molecule has 2 aromatic rings. The Hall–Kier alpha value is -1.69. The molecule has 0 aliphatic carbocycles. The van der Waals surface area contributed by atoms with E-state index in [1.165, 1.54) is 0 Å². The highest BCUT2D eigenvalue weighted by Gasteiger charge is 2.07. The van der Waals surface area contributed by atoms with Crippen LogP contribution in [0.15, 0.2) is 12.4 Å². The van der Waals surface area contributed by atoms with Crippen LogP contribution >= 0.6 is 0 Å². The Balaban J connectivity index is 2.17. The van der Waals surface area contributed by atoms with Gasteiger partial charge in [0.2, 0.25) is 0 Å². The first-order chi connectivity index (χ1) is 7.56. The fourth-order valence-electron chi connectivity index (χ4n) is 1.57. The Bertz CT molecular complexity index is 481. The lowest BCUT2D eigenvalue weighted by Crippen LogP contribution is -2.10. The van der Waals surface area contributed by atoms with E-state index in [0.29, 0.717) is 12.4 Å². The summed E-state index contributed by atoms with van der Waals surface area (Å²) in [4.78, 5) is 4.15. The number of aromatic nitrogens is 5. The second kappa shape index (κ2) is 4.05. The van der Waals surface area contributed by atoms with E-state index in [1.807, 2.05) is 31.6 Å². The van der Waals surface area contributed by atoms with E-state index in [0.717, 1.165) is 11.4 Å². The second-order valence-electron chi connectivity index (χ2n) is 3.99. The van der Waals surface area contributed by atoms with Crippen LogP contribution in [0.25, 0.3) is 0 Å². The minimum atomic E-state index is -0.130. The molecule has 0 aromatic carbocycles. The molecular formula is C10H16N6. The summed E-state index contributed by atoms with van der Waals surface area (Å²) in [6, 6.07) is 1.90. The molecule has 0 aliphatic rings. The molecule has 0 saturated carbocycles. The van der Waals surface area contributed by atoms with Gasteiger partial charge in [-0.3, -0.25) is 4.68 Å². The fraction of sp³-hybridized carbons (Fsp3) is 0.500. The van der Waals surface area contributed by atoms with Crippen LogP contribution in [0, 0.1) is 6.92 Å². The first-order valence-corrected chi connectivity index (χ1v) is 5.20. The topological polar surface area (TPSA) is 74.6 Å². The van der Waals surface area contributed by atoms with Gasteiger partial charge in [0.15, 0.2) is 5.82 Å².